The monoisotopic (exact) mass is 322 g/mol. The summed E-state index contributed by atoms with van der Waals surface area (Å²) in [5.41, 5.74) is 0.0413. The minimum Gasteiger partial charge on any atom is -0.479 e. The number of methoxy groups -OCH3 is 1. The molecule has 0 aliphatic carbocycles. The van der Waals surface area contributed by atoms with E-state index in [4.69, 9.17) is 5.11 Å². The summed E-state index contributed by atoms with van der Waals surface area (Å²) in [5.74, 6) is -2.16. The Morgan fingerprint density at radius 2 is 2.09 bits per heavy atom. The number of carboxylic acid groups (broad SMARTS) is 1. The third-order valence-corrected chi connectivity index (χ3v) is 2.39. The fourth-order valence-corrected chi connectivity index (χ4v) is 1.31. The number of halogens is 3. The molecule has 1 unspecified atom stereocenters. The molecule has 0 aliphatic heterocycles. The van der Waals surface area contributed by atoms with Crippen LogP contribution in [0.1, 0.15) is 10.4 Å². The van der Waals surface area contributed by atoms with Crippen LogP contribution in [0.5, 0.6) is 5.88 Å². The van der Waals surface area contributed by atoms with Crippen LogP contribution in [0.25, 0.3) is 0 Å². The zero-order chi connectivity index (χ0) is 16.8. The van der Waals surface area contributed by atoms with Gasteiger partial charge in [0, 0.05) is 19.4 Å². The molecule has 0 saturated heterocycles. The van der Waals surface area contributed by atoms with Crippen LogP contribution in [0, 0.1) is 0 Å². The molecule has 1 atom stereocenters. The van der Waals surface area contributed by atoms with Crippen molar-refractivity contribution in [3.05, 3.63) is 23.9 Å². The molecule has 0 saturated carbocycles. The lowest BCUT2D eigenvalue weighted by atomic mass is 10.2. The van der Waals surface area contributed by atoms with Crippen molar-refractivity contribution in [2.75, 3.05) is 20.3 Å². The van der Waals surface area contributed by atoms with Crippen LogP contribution in [0.4, 0.5) is 13.2 Å². The topological polar surface area (TPSA) is 97.8 Å². The van der Waals surface area contributed by atoms with Gasteiger partial charge in [-0.15, -0.1) is 0 Å². The van der Waals surface area contributed by atoms with E-state index >= 15 is 0 Å². The number of rotatable bonds is 7. The van der Waals surface area contributed by atoms with Gasteiger partial charge < -0.3 is 19.9 Å². The molecule has 122 valence electrons. The molecule has 1 amide bonds. The number of carbonyl (C=O) groups is 2. The maximum absolute atomic E-state index is 11.9. The number of aromatic nitrogens is 1. The van der Waals surface area contributed by atoms with E-state index in [-0.39, 0.29) is 18.0 Å². The quantitative estimate of drug-likeness (QED) is 0.772. The van der Waals surface area contributed by atoms with Crippen molar-refractivity contribution in [1.82, 2.24) is 10.3 Å². The number of carboxylic acids is 1. The van der Waals surface area contributed by atoms with Gasteiger partial charge in [-0.3, -0.25) is 4.79 Å². The first kappa shape index (κ1) is 17.7. The Morgan fingerprint density at radius 3 is 2.55 bits per heavy atom. The first-order valence-electron chi connectivity index (χ1n) is 5.92. The van der Waals surface area contributed by atoms with Crippen LogP contribution in [-0.2, 0) is 9.53 Å². The van der Waals surface area contributed by atoms with E-state index in [1.165, 1.54) is 13.2 Å². The van der Waals surface area contributed by atoms with E-state index in [2.05, 4.69) is 19.8 Å². The standard InChI is InChI=1S/C12H13F3N2O5/c1-21-8(11(19)20)5-17-10(18)7-2-3-9(16-4-7)22-6-12(13,14)15/h2-4,8H,5-6H2,1H3,(H,17,18)(H,19,20). The van der Waals surface area contributed by atoms with Crippen molar-refractivity contribution in [3.8, 4) is 5.88 Å². The average molecular weight is 322 g/mol. The van der Waals surface area contributed by atoms with Gasteiger partial charge in [0.05, 0.1) is 12.1 Å². The summed E-state index contributed by atoms with van der Waals surface area (Å²) in [6.07, 6.45) is -4.67. The van der Waals surface area contributed by atoms with Crippen LogP contribution < -0.4 is 10.1 Å². The third-order valence-electron chi connectivity index (χ3n) is 2.39. The number of hydrogen-bond acceptors (Lipinski definition) is 5. The zero-order valence-electron chi connectivity index (χ0n) is 11.4. The third kappa shape index (κ3) is 5.95. The van der Waals surface area contributed by atoms with Gasteiger partial charge in [-0.25, -0.2) is 9.78 Å². The molecule has 1 rings (SSSR count). The minimum absolute atomic E-state index is 0.0413. The van der Waals surface area contributed by atoms with Crippen molar-refractivity contribution in [3.63, 3.8) is 0 Å². The Morgan fingerprint density at radius 1 is 1.41 bits per heavy atom. The molecule has 1 aromatic heterocycles. The molecular weight excluding hydrogens is 309 g/mol. The largest absolute Gasteiger partial charge is 0.479 e. The van der Waals surface area contributed by atoms with Gasteiger partial charge >= 0.3 is 12.1 Å². The molecule has 1 aromatic rings. The van der Waals surface area contributed by atoms with Crippen molar-refractivity contribution in [1.29, 1.82) is 0 Å². The molecule has 2 N–H and O–H groups in total. The number of amides is 1. The maximum atomic E-state index is 11.9. The summed E-state index contributed by atoms with van der Waals surface area (Å²) < 4.78 is 44.9. The highest BCUT2D eigenvalue weighted by Crippen LogP contribution is 2.16. The minimum atomic E-state index is -4.48. The lowest BCUT2D eigenvalue weighted by Crippen LogP contribution is -2.37. The second kappa shape index (κ2) is 7.59. The van der Waals surface area contributed by atoms with Crippen molar-refractivity contribution in [2.24, 2.45) is 0 Å². The number of aliphatic carboxylic acids is 1. The van der Waals surface area contributed by atoms with Gasteiger partial charge in [-0.05, 0) is 6.07 Å². The molecule has 0 aromatic carbocycles. The summed E-state index contributed by atoms with van der Waals surface area (Å²) in [6.45, 7) is -1.75. The lowest BCUT2D eigenvalue weighted by molar-refractivity contribution is -0.154. The number of carbonyl (C=O) groups excluding carboxylic acids is 1. The van der Waals surface area contributed by atoms with Crippen LogP contribution in [0.2, 0.25) is 0 Å². The number of alkyl halides is 3. The van der Waals surface area contributed by atoms with Gasteiger partial charge in [0.1, 0.15) is 0 Å². The predicted molar refractivity (Wildman–Crippen MR) is 66.6 cm³/mol. The molecule has 0 fully saturated rings. The molecular formula is C12H13F3N2O5. The van der Waals surface area contributed by atoms with E-state index in [1.807, 2.05) is 0 Å². The molecule has 1 heterocycles. The molecule has 7 nitrogen and oxygen atoms in total. The maximum Gasteiger partial charge on any atom is 0.422 e. The van der Waals surface area contributed by atoms with Gasteiger partial charge in [0.2, 0.25) is 5.88 Å². The van der Waals surface area contributed by atoms with Crippen LogP contribution >= 0.6 is 0 Å². The van der Waals surface area contributed by atoms with Gasteiger partial charge in [-0.2, -0.15) is 13.2 Å². The predicted octanol–water partition coefficient (Wildman–Crippen LogP) is 0.852. The molecule has 22 heavy (non-hydrogen) atoms. The summed E-state index contributed by atoms with van der Waals surface area (Å²) in [4.78, 5) is 25.9. The second-order valence-corrected chi connectivity index (χ2v) is 4.06. The number of hydrogen-bond donors (Lipinski definition) is 2. The summed E-state index contributed by atoms with van der Waals surface area (Å²) in [7, 11) is 1.18. The molecule has 0 aliphatic rings. The molecule has 10 heteroatoms. The fourth-order valence-electron chi connectivity index (χ4n) is 1.31. The Labute approximate surface area is 123 Å². The SMILES string of the molecule is COC(CNC(=O)c1ccc(OCC(F)(F)F)nc1)C(=O)O. The van der Waals surface area contributed by atoms with Crippen molar-refractivity contribution < 1.29 is 37.3 Å². The van der Waals surface area contributed by atoms with E-state index in [9.17, 15) is 22.8 Å². The van der Waals surface area contributed by atoms with Crippen LogP contribution in [-0.4, -0.2) is 54.5 Å². The van der Waals surface area contributed by atoms with E-state index in [1.54, 1.807) is 0 Å². The van der Waals surface area contributed by atoms with Crippen molar-refractivity contribution in [2.45, 2.75) is 12.3 Å². The Bertz CT molecular complexity index is 518. The summed E-state index contributed by atoms with van der Waals surface area (Å²) >= 11 is 0. The fraction of sp³-hybridized carbons (Fsp3) is 0.417. The Balaban J connectivity index is 2.55. The van der Waals surface area contributed by atoms with Crippen LogP contribution in [0.3, 0.4) is 0 Å². The number of nitrogens with zero attached hydrogens (tertiary/aromatic N) is 1. The first-order valence-corrected chi connectivity index (χ1v) is 5.92. The van der Waals surface area contributed by atoms with E-state index < -0.39 is 30.8 Å². The Hall–Kier alpha value is -2.36. The normalized spacial score (nSPS) is 12.5. The lowest BCUT2D eigenvalue weighted by Gasteiger charge is -2.12. The summed E-state index contributed by atoms with van der Waals surface area (Å²) in [5, 5.41) is 11.0. The highest BCUT2D eigenvalue weighted by atomic mass is 19.4. The van der Waals surface area contributed by atoms with Crippen molar-refractivity contribution >= 4 is 11.9 Å². The second-order valence-electron chi connectivity index (χ2n) is 4.06. The molecule has 0 bridgehead atoms. The smallest absolute Gasteiger partial charge is 0.422 e. The van der Waals surface area contributed by atoms with E-state index in [0.717, 1.165) is 12.3 Å². The van der Waals surface area contributed by atoms with E-state index in [0.29, 0.717) is 0 Å². The summed E-state index contributed by atoms with van der Waals surface area (Å²) in [6, 6.07) is 2.31. The average Bonchev–Trinajstić information content (AvgIpc) is 2.45. The number of ether oxygens (including phenoxy) is 2. The highest BCUT2D eigenvalue weighted by Gasteiger charge is 2.28. The van der Waals surface area contributed by atoms with Gasteiger partial charge in [0.15, 0.2) is 12.7 Å². The van der Waals surface area contributed by atoms with Crippen LogP contribution in [0.15, 0.2) is 18.3 Å². The molecule has 0 radical (unpaired) electrons. The molecule has 0 spiro atoms. The first-order chi connectivity index (χ1) is 10.2. The number of nitrogens with one attached hydrogen (secondary N) is 1. The zero-order valence-corrected chi connectivity index (χ0v) is 11.4. The Kier molecular flexibility index (Phi) is 6.11. The highest BCUT2D eigenvalue weighted by molar-refractivity contribution is 5.94. The van der Waals surface area contributed by atoms with Gasteiger partial charge in [0.25, 0.3) is 5.91 Å². The van der Waals surface area contributed by atoms with Gasteiger partial charge in [-0.1, -0.05) is 0 Å². The number of pyridine rings is 1.